The van der Waals surface area contributed by atoms with Crippen molar-refractivity contribution in [1.29, 1.82) is 0 Å². The maximum atomic E-state index is 13.8. The highest BCUT2D eigenvalue weighted by Crippen LogP contribution is 2.32. The van der Waals surface area contributed by atoms with E-state index in [1.807, 2.05) is 37.3 Å². The number of aromatic nitrogens is 1. The lowest BCUT2D eigenvalue weighted by molar-refractivity contribution is -0.139. The van der Waals surface area contributed by atoms with Gasteiger partial charge in [-0.15, -0.1) is 0 Å². The number of fused-ring (bicyclic) bond motifs is 1. The molecule has 4 rings (SSSR count). The van der Waals surface area contributed by atoms with Gasteiger partial charge >= 0.3 is 5.97 Å². The summed E-state index contributed by atoms with van der Waals surface area (Å²) in [6.07, 6.45) is 3.45. The summed E-state index contributed by atoms with van der Waals surface area (Å²) < 4.78 is 24.1. The maximum absolute atomic E-state index is 13.8. The molecule has 1 aromatic heterocycles. The lowest BCUT2D eigenvalue weighted by Crippen LogP contribution is -2.39. The van der Waals surface area contributed by atoms with Gasteiger partial charge in [0.1, 0.15) is 12.4 Å². The fourth-order valence-electron chi connectivity index (χ4n) is 4.21. The Balaban J connectivity index is 1.86. The Morgan fingerprint density at radius 2 is 1.87 bits per heavy atom. The number of methoxy groups -OCH3 is 1. The van der Waals surface area contributed by atoms with Crippen molar-refractivity contribution < 1.29 is 23.7 Å². The second-order valence-corrected chi connectivity index (χ2v) is 9.32. The van der Waals surface area contributed by atoms with Crippen LogP contribution in [0.2, 0.25) is 0 Å². The van der Waals surface area contributed by atoms with Crippen LogP contribution >= 0.6 is 11.3 Å². The van der Waals surface area contributed by atoms with Crippen LogP contribution in [0.4, 0.5) is 0 Å². The predicted octanol–water partition coefficient (Wildman–Crippen LogP) is 3.77. The minimum atomic E-state index is -0.698. The van der Waals surface area contributed by atoms with E-state index in [9.17, 15) is 9.59 Å². The first-order valence-electron chi connectivity index (χ1n) is 12.3. The first-order chi connectivity index (χ1) is 18.4. The zero-order valence-electron chi connectivity index (χ0n) is 21.9. The van der Waals surface area contributed by atoms with Crippen LogP contribution in [0.5, 0.6) is 17.2 Å². The van der Waals surface area contributed by atoms with Gasteiger partial charge in [0.25, 0.3) is 5.56 Å². The van der Waals surface area contributed by atoms with Gasteiger partial charge in [-0.25, -0.2) is 9.79 Å². The molecule has 0 bridgehead atoms. The molecule has 38 heavy (non-hydrogen) atoms. The van der Waals surface area contributed by atoms with Gasteiger partial charge < -0.3 is 18.9 Å². The van der Waals surface area contributed by atoms with Crippen molar-refractivity contribution in [3.8, 4) is 17.2 Å². The third-order valence-electron chi connectivity index (χ3n) is 5.87. The van der Waals surface area contributed by atoms with Gasteiger partial charge in [0, 0.05) is 0 Å². The van der Waals surface area contributed by atoms with Crippen LogP contribution in [0.25, 0.3) is 6.08 Å². The van der Waals surface area contributed by atoms with Gasteiger partial charge in [-0.3, -0.25) is 9.36 Å². The van der Waals surface area contributed by atoms with E-state index in [0.29, 0.717) is 51.1 Å². The molecule has 1 aliphatic heterocycles. The van der Waals surface area contributed by atoms with Crippen molar-refractivity contribution in [3.63, 3.8) is 0 Å². The minimum absolute atomic E-state index is 0.209. The zero-order valence-corrected chi connectivity index (χ0v) is 22.7. The Bertz CT molecular complexity index is 1550. The molecule has 0 N–H and O–H groups in total. The summed E-state index contributed by atoms with van der Waals surface area (Å²) in [5.41, 5.74) is 2.10. The maximum Gasteiger partial charge on any atom is 0.338 e. The van der Waals surface area contributed by atoms with Crippen molar-refractivity contribution in [2.24, 2.45) is 4.99 Å². The summed E-state index contributed by atoms with van der Waals surface area (Å²) in [5.74, 6) is 1.36. The smallest absolute Gasteiger partial charge is 0.338 e. The number of ether oxygens (including phenoxy) is 4. The van der Waals surface area contributed by atoms with E-state index in [1.54, 1.807) is 49.8 Å². The first-order valence-corrected chi connectivity index (χ1v) is 13.1. The molecule has 9 heteroatoms. The normalized spacial score (nSPS) is 14.9. The topological polar surface area (TPSA) is 88.4 Å². The molecule has 3 aromatic rings. The quantitative estimate of drug-likeness (QED) is 0.291. The molecular weight excluding hydrogens is 504 g/mol. The van der Waals surface area contributed by atoms with Crippen molar-refractivity contribution in [1.82, 2.24) is 4.57 Å². The molecule has 1 atom stereocenters. The number of hydrogen-bond donors (Lipinski definition) is 0. The number of carbonyl (C=O) groups excluding carboxylic acids is 1. The molecule has 0 fully saturated rings. The molecule has 8 nitrogen and oxygen atoms in total. The summed E-state index contributed by atoms with van der Waals surface area (Å²) in [5, 5.41) is 0. The second kappa shape index (κ2) is 12.0. The van der Waals surface area contributed by atoms with E-state index in [2.05, 4.69) is 11.6 Å². The highest BCUT2D eigenvalue weighted by atomic mass is 32.1. The molecular formula is C29H30N2O6S. The Labute approximate surface area is 224 Å². The third-order valence-corrected chi connectivity index (χ3v) is 6.85. The van der Waals surface area contributed by atoms with Crippen molar-refractivity contribution in [2.45, 2.75) is 26.8 Å². The predicted molar refractivity (Wildman–Crippen MR) is 147 cm³/mol. The van der Waals surface area contributed by atoms with Crippen LogP contribution in [0.3, 0.4) is 0 Å². The van der Waals surface area contributed by atoms with E-state index < -0.39 is 12.0 Å². The van der Waals surface area contributed by atoms with Crippen LogP contribution in [0.1, 0.15) is 37.9 Å². The molecule has 198 valence electrons. The highest BCUT2D eigenvalue weighted by Gasteiger charge is 2.33. The van der Waals surface area contributed by atoms with E-state index in [-0.39, 0.29) is 12.2 Å². The lowest BCUT2D eigenvalue weighted by atomic mass is 9.96. The molecule has 0 radical (unpaired) electrons. The molecule has 1 unspecified atom stereocenters. The zero-order chi connectivity index (χ0) is 27.2. The van der Waals surface area contributed by atoms with Crippen molar-refractivity contribution >= 4 is 23.4 Å². The number of rotatable bonds is 10. The van der Waals surface area contributed by atoms with E-state index in [0.717, 1.165) is 11.1 Å². The largest absolute Gasteiger partial charge is 0.493 e. The second-order valence-electron chi connectivity index (χ2n) is 8.31. The fourth-order valence-corrected chi connectivity index (χ4v) is 5.26. The summed E-state index contributed by atoms with van der Waals surface area (Å²) in [6, 6.07) is 12.1. The number of carbonyl (C=O) groups is 1. The highest BCUT2D eigenvalue weighted by molar-refractivity contribution is 7.07. The minimum Gasteiger partial charge on any atom is -0.493 e. The fraction of sp³-hybridized carbons (Fsp3) is 0.276. The van der Waals surface area contributed by atoms with Crippen LogP contribution in [-0.2, 0) is 9.53 Å². The molecule has 0 spiro atoms. The molecule has 0 aliphatic carbocycles. The van der Waals surface area contributed by atoms with E-state index >= 15 is 0 Å². The Morgan fingerprint density at radius 1 is 1.11 bits per heavy atom. The summed E-state index contributed by atoms with van der Waals surface area (Å²) >= 11 is 1.26. The molecule has 2 heterocycles. The number of benzene rings is 2. The number of hydrogen-bond acceptors (Lipinski definition) is 8. The van der Waals surface area contributed by atoms with Crippen LogP contribution < -0.4 is 29.1 Å². The summed E-state index contributed by atoms with van der Waals surface area (Å²) in [4.78, 5) is 32.0. The van der Waals surface area contributed by atoms with Gasteiger partial charge in [-0.1, -0.05) is 42.2 Å². The number of allylic oxidation sites excluding steroid dienone is 1. The SMILES string of the molecule is C=CCOc1ccc(C2C(C(=O)OCC)=C(C)N=c3s/c(=C\c4ccc(OCC)c(OC)c4)c(=O)n32)cc1. The number of nitrogens with zero attached hydrogens (tertiary/aromatic N) is 2. The Kier molecular flexibility index (Phi) is 8.48. The van der Waals surface area contributed by atoms with Gasteiger partial charge in [0.05, 0.1) is 42.2 Å². The van der Waals surface area contributed by atoms with Gasteiger partial charge in [0.2, 0.25) is 0 Å². The average Bonchev–Trinajstić information content (AvgIpc) is 3.22. The van der Waals surface area contributed by atoms with Crippen LogP contribution in [0.15, 0.2) is 76.2 Å². The van der Waals surface area contributed by atoms with E-state index in [4.69, 9.17) is 18.9 Å². The van der Waals surface area contributed by atoms with Gasteiger partial charge in [-0.05, 0) is 62.2 Å². The molecule has 1 aliphatic rings. The Morgan fingerprint density at radius 3 is 2.53 bits per heavy atom. The lowest BCUT2D eigenvalue weighted by Gasteiger charge is -2.24. The summed E-state index contributed by atoms with van der Waals surface area (Å²) in [7, 11) is 1.57. The van der Waals surface area contributed by atoms with Crippen LogP contribution in [-0.4, -0.2) is 37.5 Å². The molecule has 0 amide bonds. The van der Waals surface area contributed by atoms with Crippen LogP contribution in [0, 0.1) is 0 Å². The molecule has 0 saturated heterocycles. The van der Waals surface area contributed by atoms with Crippen molar-refractivity contribution in [2.75, 3.05) is 26.9 Å². The van der Waals surface area contributed by atoms with E-state index in [1.165, 1.54) is 11.3 Å². The van der Waals surface area contributed by atoms with Crippen molar-refractivity contribution in [3.05, 3.63) is 97.2 Å². The molecule has 2 aromatic carbocycles. The monoisotopic (exact) mass is 534 g/mol. The first kappa shape index (κ1) is 26.9. The number of esters is 1. The standard InChI is InChI=1S/C29H30N2O6S/c1-6-15-37-21-12-10-20(11-13-21)26-25(28(33)36-8-3)18(4)30-29-31(26)27(32)24(38-29)17-19-9-14-22(35-7-2)23(16-19)34-5/h6,9-14,16-17,26H,1,7-8,15H2,2-5H3/b24-17-. The Hall–Kier alpha value is -4.11. The summed E-state index contributed by atoms with van der Waals surface area (Å²) in [6.45, 7) is 10.2. The number of thiazole rings is 1. The van der Waals surface area contributed by atoms with Gasteiger partial charge in [-0.2, -0.15) is 0 Å². The molecule has 0 saturated carbocycles. The third kappa shape index (κ3) is 5.43. The van der Waals surface area contributed by atoms with Gasteiger partial charge in [0.15, 0.2) is 16.3 Å². The average molecular weight is 535 g/mol.